The standard InChI is InChI=1S/C17H24N2O2/c1-4-15-14-7-6-13(10-18-14)19(15)11-12-5-8-16(20-2)17(9-12)21-3/h4-5,8-9,13-15,18H,1,6-7,10-11H2,2-3H3/t13-,14-,15-/m0/s1. The minimum absolute atomic E-state index is 0.422. The molecular formula is C17H24N2O2. The number of piperidine rings is 2. The second-order valence-corrected chi connectivity index (χ2v) is 5.83. The van der Waals surface area contributed by atoms with Crippen molar-refractivity contribution in [1.29, 1.82) is 0 Å². The van der Waals surface area contributed by atoms with E-state index in [4.69, 9.17) is 9.47 Å². The molecule has 3 aliphatic heterocycles. The summed E-state index contributed by atoms with van der Waals surface area (Å²) in [6.07, 6.45) is 4.61. The minimum Gasteiger partial charge on any atom is -0.493 e. The summed E-state index contributed by atoms with van der Waals surface area (Å²) in [5.74, 6) is 1.58. The molecule has 0 aliphatic carbocycles. The highest BCUT2D eigenvalue weighted by Crippen LogP contribution is 2.32. The Bertz CT molecular complexity index is 510. The van der Waals surface area contributed by atoms with Gasteiger partial charge in [0.05, 0.1) is 14.2 Å². The molecule has 21 heavy (non-hydrogen) atoms. The average molecular weight is 288 g/mol. The monoisotopic (exact) mass is 288 g/mol. The fourth-order valence-corrected chi connectivity index (χ4v) is 3.64. The number of hydrogen-bond donors (Lipinski definition) is 1. The molecule has 4 heteroatoms. The summed E-state index contributed by atoms with van der Waals surface area (Å²) in [7, 11) is 3.35. The van der Waals surface area contributed by atoms with E-state index < -0.39 is 0 Å². The van der Waals surface area contributed by atoms with E-state index in [2.05, 4.69) is 35.0 Å². The number of benzene rings is 1. The third-order valence-electron chi connectivity index (χ3n) is 4.75. The number of piperazine rings is 1. The van der Waals surface area contributed by atoms with Gasteiger partial charge in [-0.1, -0.05) is 12.1 Å². The van der Waals surface area contributed by atoms with Crippen molar-refractivity contribution >= 4 is 0 Å². The molecule has 2 bridgehead atoms. The number of nitrogens with one attached hydrogen (secondary N) is 1. The molecule has 0 spiro atoms. The first kappa shape index (κ1) is 14.4. The van der Waals surface area contributed by atoms with E-state index in [1.165, 1.54) is 18.4 Å². The fraction of sp³-hybridized carbons (Fsp3) is 0.529. The largest absolute Gasteiger partial charge is 0.493 e. The summed E-state index contributed by atoms with van der Waals surface area (Å²) < 4.78 is 10.7. The van der Waals surface area contributed by atoms with Crippen LogP contribution in [0.1, 0.15) is 18.4 Å². The highest BCUT2D eigenvalue weighted by molar-refractivity contribution is 5.43. The predicted molar refractivity (Wildman–Crippen MR) is 83.9 cm³/mol. The van der Waals surface area contributed by atoms with Gasteiger partial charge >= 0.3 is 0 Å². The van der Waals surface area contributed by atoms with Crippen molar-refractivity contribution < 1.29 is 9.47 Å². The Balaban J connectivity index is 1.80. The molecule has 0 saturated carbocycles. The van der Waals surface area contributed by atoms with Gasteiger partial charge in [0.1, 0.15) is 0 Å². The van der Waals surface area contributed by atoms with Crippen LogP contribution in [0.3, 0.4) is 0 Å². The Hall–Kier alpha value is -1.52. The smallest absolute Gasteiger partial charge is 0.161 e. The zero-order valence-electron chi connectivity index (χ0n) is 12.8. The van der Waals surface area contributed by atoms with Crippen LogP contribution in [0.5, 0.6) is 11.5 Å². The van der Waals surface area contributed by atoms with Crippen LogP contribution in [0.25, 0.3) is 0 Å². The molecule has 0 aromatic heterocycles. The maximum Gasteiger partial charge on any atom is 0.161 e. The van der Waals surface area contributed by atoms with Crippen molar-refractivity contribution in [3.8, 4) is 11.5 Å². The molecule has 3 atom stereocenters. The van der Waals surface area contributed by atoms with Gasteiger partial charge in [0.25, 0.3) is 0 Å². The van der Waals surface area contributed by atoms with Gasteiger partial charge in [-0.2, -0.15) is 0 Å². The second kappa shape index (κ2) is 6.08. The maximum absolute atomic E-state index is 5.41. The van der Waals surface area contributed by atoms with Crippen LogP contribution >= 0.6 is 0 Å². The highest BCUT2D eigenvalue weighted by Gasteiger charge is 2.39. The summed E-state index contributed by atoms with van der Waals surface area (Å²) in [5.41, 5.74) is 1.26. The molecule has 4 rings (SSSR count). The van der Waals surface area contributed by atoms with Crippen LogP contribution in [-0.4, -0.2) is 43.8 Å². The van der Waals surface area contributed by atoms with E-state index in [9.17, 15) is 0 Å². The van der Waals surface area contributed by atoms with Crippen LogP contribution < -0.4 is 14.8 Å². The van der Waals surface area contributed by atoms with Crippen molar-refractivity contribution in [1.82, 2.24) is 10.2 Å². The third kappa shape index (κ3) is 2.65. The van der Waals surface area contributed by atoms with Crippen molar-refractivity contribution in [2.24, 2.45) is 0 Å². The lowest BCUT2D eigenvalue weighted by Gasteiger charge is -2.51. The molecule has 0 amide bonds. The topological polar surface area (TPSA) is 33.7 Å². The lowest BCUT2D eigenvalue weighted by molar-refractivity contribution is 0.0310. The number of hydrogen-bond acceptors (Lipinski definition) is 4. The van der Waals surface area contributed by atoms with Crippen LogP contribution in [0.4, 0.5) is 0 Å². The molecule has 3 aliphatic rings. The van der Waals surface area contributed by atoms with E-state index >= 15 is 0 Å². The summed E-state index contributed by atoms with van der Waals surface area (Å²) in [4.78, 5) is 2.57. The summed E-state index contributed by atoms with van der Waals surface area (Å²) in [5, 5.41) is 3.62. The van der Waals surface area contributed by atoms with Gasteiger partial charge in [-0.15, -0.1) is 6.58 Å². The van der Waals surface area contributed by atoms with E-state index in [0.717, 1.165) is 24.6 Å². The SMILES string of the molecule is C=C[C@H]1[C@@H]2CC[C@@H](CN2)N1Cc1ccc(OC)c(OC)c1. The third-order valence-corrected chi connectivity index (χ3v) is 4.75. The predicted octanol–water partition coefficient (Wildman–Crippen LogP) is 2.19. The second-order valence-electron chi connectivity index (χ2n) is 5.83. The number of methoxy groups -OCH3 is 2. The highest BCUT2D eigenvalue weighted by atomic mass is 16.5. The summed E-state index contributed by atoms with van der Waals surface area (Å²) in [6.45, 7) is 6.05. The van der Waals surface area contributed by atoms with Gasteiger partial charge < -0.3 is 14.8 Å². The van der Waals surface area contributed by atoms with Crippen LogP contribution in [0.15, 0.2) is 30.9 Å². The Kier molecular flexibility index (Phi) is 4.17. The van der Waals surface area contributed by atoms with E-state index in [-0.39, 0.29) is 0 Å². The van der Waals surface area contributed by atoms with Gasteiger partial charge in [0.15, 0.2) is 11.5 Å². The van der Waals surface area contributed by atoms with Crippen LogP contribution in [0, 0.1) is 0 Å². The first-order valence-electron chi connectivity index (χ1n) is 7.59. The molecule has 1 N–H and O–H groups in total. The molecule has 0 radical (unpaired) electrons. The zero-order valence-corrected chi connectivity index (χ0v) is 12.8. The van der Waals surface area contributed by atoms with E-state index in [1.54, 1.807) is 14.2 Å². The Morgan fingerprint density at radius 3 is 2.71 bits per heavy atom. The molecule has 3 heterocycles. The van der Waals surface area contributed by atoms with Crippen molar-refractivity contribution in [3.63, 3.8) is 0 Å². The number of ether oxygens (including phenoxy) is 2. The first-order valence-corrected chi connectivity index (χ1v) is 7.59. The average Bonchev–Trinajstić information content (AvgIpc) is 2.55. The summed E-state index contributed by atoms with van der Waals surface area (Å²) >= 11 is 0. The van der Waals surface area contributed by atoms with E-state index in [1.807, 2.05) is 6.07 Å². The molecule has 4 nitrogen and oxygen atoms in total. The Morgan fingerprint density at radius 1 is 1.29 bits per heavy atom. The lowest BCUT2D eigenvalue weighted by atomic mass is 9.86. The minimum atomic E-state index is 0.422. The molecular weight excluding hydrogens is 264 g/mol. The first-order chi connectivity index (χ1) is 10.3. The molecule has 1 aromatic rings. The quantitative estimate of drug-likeness (QED) is 0.842. The Morgan fingerprint density at radius 2 is 2.10 bits per heavy atom. The van der Waals surface area contributed by atoms with Crippen LogP contribution in [0.2, 0.25) is 0 Å². The molecule has 3 saturated heterocycles. The molecule has 1 aromatic carbocycles. The lowest BCUT2D eigenvalue weighted by Crippen LogP contribution is -2.65. The van der Waals surface area contributed by atoms with Gasteiger partial charge in [0, 0.05) is 31.2 Å². The van der Waals surface area contributed by atoms with Crippen molar-refractivity contribution in [2.75, 3.05) is 20.8 Å². The van der Waals surface area contributed by atoms with Gasteiger partial charge in [-0.05, 0) is 30.5 Å². The normalized spacial score (nSPS) is 28.4. The van der Waals surface area contributed by atoms with Crippen molar-refractivity contribution in [3.05, 3.63) is 36.4 Å². The molecule has 3 fully saturated rings. The van der Waals surface area contributed by atoms with Crippen molar-refractivity contribution in [2.45, 2.75) is 37.5 Å². The number of nitrogens with zero attached hydrogens (tertiary/aromatic N) is 1. The zero-order chi connectivity index (χ0) is 14.8. The van der Waals surface area contributed by atoms with Gasteiger partial charge in [-0.3, -0.25) is 4.90 Å². The number of fused-ring (bicyclic) bond motifs is 3. The fourth-order valence-electron chi connectivity index (χ4n) is 3.64. The Labute approximate surface area is 126 Å². The number of rotatable bonds is 5. The van der Waals surface area contributed by atoms with Gasteiger partial charge in [-0.25, -0.2) is 0 Å². The summed E-state index contributed by atoms with van der Waals surface area (Å²) in [6, 6.07) is 7.76. The van der Waals surface area contributed by atoms with Gasteiger partial charge in [0.2, 0.25) is 0 Å². The van der Waals surface area contributed by atoms with E-state index in [0.29, 0.717) is 18.1 Å². The maximum atomic E-state index is 5.41. The van der Waals surface area contributed by atoms with Crippen LogP contribution in [-0.2, 0) is 6.54 Å². The molecule has 114 valence electrons. The molecule has 0 unspecified atom stereocenters.